The Morgan fingerprint density at radius 1 is 1.33 bits per heavy atom. The number of hydrogen-bond donors (Lipinski definition) is 1. The number of nitrogens with two attached hydrogens (primary N) is 1. The quantitative estimate of drug-likeness (QED) is 0.926. The summed E-state index contributed by atoms with van der Waals surface area (Å²) in [5.41, 5.74) is 6.58. The normalized spacial score (nSPS) is 12.6. The van der Waals surface area contributed by atoms with Crippen LogP contribution in [0.3, 0.4) is 0 Å². The summed E-state index contributed by atoms with van der Waals surface area (Å²) in [5.74, 6) is -0.0114. The van der Waals surface area contributed by atoms with Crippen LogP contribution in [0.15, 0.2) is 18.2 Å². The van der Waals surface area contributed by atoms with E-state index >= 15 is 0 Å². The monoisotopic (exact) mass is 288 g/mol. The zero-order valence-corrected chi connectivity index (χ0v) is 12.3. The highest BCUT2D eigenvalue weighted by Gasteiger charge is 2.22. The predicted molar refractivity (Wildman–Crippen MR) is 75.7 cm³/mol. The van der Waals surface area contributed by atoms with E-state index in [1.807, 2.05) is 13.8 Å². The number of carbonyl (C=O) groups is 1. The van der Waals surface area contributed by atoms with E-state index in [0.717, 1.165) is 5.56 Å². The van der Waals surface area contributed by atoms with Crippen molar-refractivity contribution >= 4 is 29.1 Å². The third kappa shape index (κ3) is 3.61. The van der Waals surface area contributed by atoms with Gasteiger partial charge < -0.3 is 10.6 Å². The van der Waals surface area contributed by atoms with E-state index in [-0.39, 0.29) is 11.8 Å². The first-order chi connectivity index (χ1) is 8.34. The predicted octanol–water partition coefficient (Wildman–Crippen LogP) is 2.94. The van der Waals surface area contributed by atoms with Gasteiger partial charge in [0.1, 0.15) is 0 Å². The molecule has 0 aromatic heterocycles. The molecule has 0 aliphatic rings. The summed E-state index contributed by atoms with van der Waals surface area (Å²) in [7, 11) is 1.70. The zero-order chi connectivity index (χ0) is 13.9. The lowest BCUT2D eigenvalue weighted by atomic mass is 10.0. The topological polar surface area (TPSA) is 46.3 Å². The van der Waals surface area contributed by atoms with E-state index in [2.05, 4.69) is 0 Å². The summed E-state index contributed by atoms with van der Waals surface area (Å²) in [6.07, 6.45) is 0. The molecule has 0 heterocycles. The fourth-order valence-corrected chi connectivity index (χ4v) is 2.06. The first-order valence-electron chi connectivity index (χ1n) is 5.78. The third-order valence-corrected chi connectivity index (χ3v) is 3.54. The molecule has 0 radical (unpaired) electrons. The Hall–Kier alpha value is -0.770. The van der Waals surface area contributed by atoms with Crippen molar-refractivity contribution in [2.45, 2.75) is 26.4 Å². The van der Waals surface area contributed by atoms with E-state index in [1.165, 1.54) is 0 Å². The zero-order valence-electron chi connectivity index (χ0n) is 10.8. The minimum absolute atomic E-state index is 0.0988. The molecular weight excluding hydrogens is 271 g/mol. The second-order valence-electron chi connectivity index (χ2n) is 4.66. The molecule has 5 heteroatoms. The number of hydrogen-bond acceptors (Lipinski definition) is 2. The molecule has 0 fully saturated rings. The number of likely N-dealkylation sites (N-methyl/N-ethyl adjacent to an activating group) is 1. The SMILES string of the molecule is CC(C)C(N)C(=O)N(C)Cc1c(Cl)cccc1Cl. The van der Waals surface area contributed by atoms with Crippen LogP contribution in [0.5, 0.6) is 0 Å². The Balaban J connectivity index is 2.82. The van der Waals surface area contributed by atoms with Crippen LogP contribution in [0.25, 0.3) is 0 Å². The second-order valence-corrected chi connectivity index (χ2v) is 5.48. The Bertz CT molecular complexity index is 415. The van der Waals surface area contributed by atoms with Gasteiger partial charge in [-0.25, -0.2) is 0 Å². The fraction of sp³-hybridized carbons (Fsp3) is 0.462. The molecule has 1 unspecified atom stereocenters. The van der Waals surface area contributed by atoms with Gasteiger partial charge in [0.05, 0.1) is 6.04 Å². The van der Waals surface area contributed by atoms with Gasteiger partial charge in [-0.1, -0.05) is 43.1 Å². The maximum Gasteiger partial charge on any atom is 0.239 e. The molecule has 1 atom stereocenters. The van der Waals surface area contributed by atoms with Crippen molar-refractivity contribution < 1.29 is 4.79 Å². The first kappa shape index (κ1) is 15.3. The number of halogens is 2. The average Bonchev–Trinajstić information content (AvgIpc) is 2.31. The summed E-state index contributed by atoms with van der Waals surface area (Å²) in [6.45, 7) is 4.19. The van der Waals surface area contributed by atoms with E-state index in [0.29, 0.717) is 16.6 Å². The molecule has 3 nitrogen and oxygen atoms in total. The molecule has 0 bridgehead atoms. The summed E-state index contributed by atoms with van der Waals surface area (Å²) in [6, 6.07) is 4.78. The van der Waals surface area contributed by atoms with Crippen molar-refractivity contribution in [3.63, 3.8) is 0 Å². The van der Waals surface area contributed by atoms with E-state index in [1.54, 1.807) is 30.1 Å². The van der Waals surface area contributed by atoms with Gasteiger partial charge >= 0.3 is 0 Å². The Labute approximate surface area is 118 Å². The number of rotatable bonds is 4. The first-order valence-corrected chi connectivity index (χ1v) is 6.53. The van der Waals surface area contributed by atoms with Crippen molar-refractivity contribution in [2.24, 2.45) is 11.7 Å². The third-order valence-electron chi connectivity index (χ3n) is 2.84. The molecule has 1 aromatic rings. The van der Waals surface area contributed by atoms with Gasteiger partial charge in [-0.2, -0.15) is 0 Å². The maximum absolute atomic E-state index is 12.0. The molecule has 0 aliphatic carbocycles. The number of carbonyl (C=O) groups excluding carboxylic acids is 1. The van der Waals surface area contributed by atoms with Gasteiger partial charge in [0.2, 0.25) is 5.91 Å². The lowest BCUT2D eigenvalue weighted by Crippen LogP contribution is -2.44. The van der Waals surface area contributed by atoms with Gasteiger partial charge in [-0.3, -0.25) is 4.79 Å². The Morgan fingerprint density at radius 3 is 2.28 bits per heavy atom. The van der Waals surface area contributed by atoms with Gasteiger partial charge in [-0.15, -0.1) is 0 Å². The molecule has 1 amide bonds. The molecule has 0 saturated carbocycles. The summed E-state index contributed by atoms with van der Waals surface area (Å²) in [4.78, 5) is 13.6. The minimum atomic E-state index is -0.503. The standard InChI is InChI=1S/C13H18Cl2N2O/c1-8(2)12(16)13(18)17(3)7-9-10(14)5-4-6-11(9)15/h4-6,8,12H,7,16H2,1-3H3. The molecule has 0 spiro atoms. The van der Waals surface area contributed by atoms with Gasteiger partial charge in [0.15, 0.2) is 0 Å². The molecule has 0 aliphatic heterocycles. The molecule has 0 saturated heterocycles. The van der Waals surface area contributed by atoms with Crippen LogP contribution < -0.4 is 5.73 Å². The van der Waals surface area contributed by atoms with Crippen LogP contribution in [0.1, 0.15) is 19.4 Å². The molecule has 1 aromatic carbocycles. The molecule has 100 valence electrons. The molecular formula is C13H18Cl2N2O. The van der Waals surface area contributed by atoms with Gasteiger partial charge in [0, 0.05) is 29.2 Å². The number of amides is 1. The van der Waals surface area contributed by atoms with E-state index < -0.39 is 6.04 Å². The Kier molecular flexibility index (Phi) is 5.45. The van der Waals surface area contributed by atoms with Crippen LogP contribution in [0, 0.1) is 5.92 Å². The highest BCUT2D eigenvalue weighted by Crippen LogP contribution is 2.25. The summed E-state index contributed by atoms with van der Waals surface area (Å²) in [5, 5.41) is 1.11. The minimum Gasteiger partial charge on any atom is -0.340 e. The lowest BCUT2D eigenvalue weighted by molar-refractivity contribution is -0.132. The van der Waals surface area contributed by atoms with Crippen LogP contribution in [0.2, 0.25) is 10.0 Å². The van der Waals surface area contributed by atoms with Gasteiger partial charge in [0.25, 0.3) is 0 Å². The van der Waals surface area contributed by atoms with E-state index in [9.17, 15) is 4.79 Å². The van der Waals surface area contributed by atoms with Crippen molar-refractivity contribution in [1.82, 2.24) is 4.90 Å². The summed E-state index contributed by atoms with van der Waals surface area (Å²) < 4.78 is 0. The van der Waals surface area contributed by atoms with Gasteiger partial charge in [-0.05, 0) is 18.1 Å². The summed E-state index contributed by atoms with van der Waals surface area (Å²) >= 11 is 12.1. The highest BCUT2D eigenvalue weighted by atomic mass is 35.5. The van der Waals surface area contributed by atoms with Crippen LogP contribution in [0.4, 0.5) is 0 Å². The largest absolute Gasteiger partial charge is 0.340 e. The maximum atomic E-state index is 12.0. The molecule has 1 rings (SSSR count). The van der Waals surface area contributed by atoms with Crippen molar-refractivity contribution in [1.29, 1.82) is 0 Å². The second kappa shape index (κ2) is 6.41. The fourth-order valence-electron chi connectivity index (χ4n) is 1.54. The molecule has 2 N–H and O–H groups in total. The smallest absolute Gasteiger partial charge is 0.239 e. The highest BCUT2D eigenvalue weighted by molar-refractivity contribution is 6.36. The number of nitrogens with zero attached hydrogens (tertiary/aromatic N) is 1. The number of benzene rings is 1. The van der Waals surface area contributed by atoms with Crippen LogP contribution in [-0.4, -0.2) is 23.9 Å². The lowest BCUT2D eigenvalue weighted by Gasteiger charge is -2.24. The van der Waals surface area contributed by atoms with Crippen molar-refractivity contribution in [2.75, 3.05) is 7.05 Å². The van der Waals surface area contributed by atoms with Crippen molar-refractivity contribution in [3.05, 3.63) is 33.8 Å². The average molecular weight is 289 g/mol. The molecule has 18 heavy (non-hydrogen) atoms. The Morgan fingerprint density at radius 2 is 1.83 bits per heavy atom. The van der Waals surface area contributed by atoms with E-state index in [4.69, 9.17) is 28.9 Å². The van der Waals surface area contributed by atoms with Crippen LogP contribution >= 0.6 is 23.2 Å². The van der Waals surface area contributed by atoms with Crippen molar-refractivity contribution in [3.8, 4) is 0 Å². The van der Waals surface area contributed by atoms with Crippen LogP contribution in [-0.2, 0) is 11.3 Å².